The minimum atomic E-state index is 0.585. The summed E-state index contributed by atoms with van der Waals surface area (Å²) in [6.45, 7) is 3.07. The standard InChI is InChI=1S/C19H17N7S/c1-2-11-25-15-9-5-3-7-13(15)17-18(25)20-19(23-22-17)27-12-26-16-10-6-4-8-14(16)21-24-26/h3-10H,2,11-12H2,1H3. The summed E-state index contributed by atoms with van der Waals surface area (Å²) in [5.41, 5.74) is 4.78. The minimum absolute atomic E-state index is 0.585. The zero-order valence-corrected chi connectivity index (χ0v) is 15.6. The number of para-hydroxylation sites is 2. The Balaban J connectivity index is 1.52. The third kappa shape index (κ3) is 2.73. The van der Waals surface area contributed by atoms with Crippen molar-refractivity contribution in [1.29, 1.82) is 0 Å². The summed E-state index contributed by atoms with van der Waals surface area (Å²) in [6, 6.07) is 16.2. The van der Waals surface area contributed by atoms with Crippen molar-refractivity contribution >= 4 is 44.9 Å². The zero-order chi connectivity index (χ0) is 18.2. The first-order chi connectivity index (χ1) is 13.3. The van der Waals surface area contributed by atoms with E-state index in [0.29, 0.717) is 11.0 Å². The van der Waals surface area contributed by atoms with Crippen LogP contribution in [0.1, 0.15) is 13.3 Å². The molecule has 0 saturated heterocycles. The molecule has 2 aromatic carbocycles. The summed E-state index contributed by atoms with van der Waals surface area (Å²) in [7, 11) is 0. The Hall–Kier alpha value is -3.00. The number of benzene rings is 2. The summed E-state index contributed by atoms with van der Waals surface area (Å²) >= 11 is 1.51. The van der Waals surface area contributed by atoms with Gasteiger partial charge in [-0.15, -0.1) is 15.3 Å². The Morgan fingerprint density at radius 2 is 1.74 bits per heavy atom. The van der Waals surface area contributed by atoms with Crippen LogP contribution in [0.3, 0.4) is 0 Å². The average molecular weight is 375 g/mol. The van der Waals surface area contributed by atoms with Crippen molar-refractivity contribution in [2.75, 3.05) is 0 Å². The van der Waals surface area contributed by atoms with Gasteiger partial charge in [-0.3, -0.25) is 0 Å². The fourth-order valence-corrected chi connectivity index (χ4v) is 4.01. The van der Waals surface area contributed by atoms with Crippen molar-refractivity contribution in [2.45, 2.75) is 30.9 Å². The van der Waals surface area contributed by atoms with Gasteiger partial charge in [-0.05, 0) is 24.6 Å². The highest BCUT2D eigenvalue weighted by Gasteiger charge is 2.14. The van der Waals surface area contributed by atoms with Gasteiger partial charge in [0.05, 0.1) is 16.9 Å². The monoisotopic (exact) mass is 375 g/mol. The third-order valence-electron chi connectivity index (χ3n) is 4.54. The zero-order valence-electron chi connectivity index (χ0n) is 14.8. The molecule has 0 aliphatic carbocycles. The van der Waals surface area contributed by atoms with Crippen LogP contribution in [0.15, 0.2) is 53.7 Å². The van der Waals surface area contributed by atoms with Crippen molar-refractivity contribution in [3.8, 4) is 0 Å². The lowest BCUT2D eigenvalue weighted by atomic mass is 10.2. The van der Waals surface area contributed by atoms with E-state index in [9.17, 15) is 0 Å². The highest BCUT2D eigenvalue weighted by Crippen LogP contribution is 2.27. The van der Waals surface area contributed by atoms with Crippen LogP contribution in [0.5, 0.6) is 0 Å². The first-order valence-electron chi connectivity index (χ1n) is 8.88. The average Bonchev–Trinajstić information content (AvgIpc) is 3.26. The molecule has 8 heteroatoms. The summed E-state index contributed by atoms with van der Waals surface area (Å²) < 4.78 is 4.09. The lowest BCUT2D eigenvalue weighted by Gasteiger charge is -2.05. The molecule has 0 aliphatic heterocycles. The summed E-state index contributed by atoms with van der Waals surface area (Å²) in [6.07, 6.45) is 1.03. The predicted molar refractivity (Wildman–Crippen MR) is 107 cm³/mol. The molecule has 0 unspecified atom stereocenters. The van der Waals surface area contributed by atoms with Gasteiger partial charge in [-0.2, -0.15) is 0 Å². The van der Waals surface area contributed by atoms with E-state index in [4.69, 9.17) is 4.98 Å². The quantitative estimate of drug-likeness (QED) is 0.434. The number of aromatic nitrogens is 7. The molecule has 0 fully saturated rings. The molecule has 5 aromatic rings. The number of aryl methyl sites for hydroxylation is 1. The van der Waals surface area contributed by atoms with E-state index in [-0.39, 0.29) is 0 Å². The SMILES string of the molecule is CCCn1c2ccccc2c2nnc(SCn3nnc4ccccc43)nc21. The molecule has 5 rings (SSSR count). The van der Waals surface area contributed by atoms with Crippen LogP contribution in [0, 0.1) is 0 Å². The smallest absolute Gasteiger partial charge is 0.212 e. The van der Waals surface area contributed by atoms with Crippen molar-refractivity contribution in [3.05, 3.63) is 48.5 Å². The van der Waals surface area contributed by atoms with E-state index in [1.54, 1.807) is 0 Å². The topological polar surface area (TPSA) is 74.3 Å². The van der Waals surface area contributed by atoms with E-state index < -0.39 is 0 Å². The van der Waals surface area contributed by atoms with Gasteiger partial charge in [0, 0.05) is 11.9 Å². The van der Waals surface area contributed by atoms with E-state index >= 15 is 0 Å². The number of thioether (sulfide) groups is 1. The molecule has 3 heterocycles. The second-order valence-electron chi connectivity index (χ2n) is 6.29. The van der Waals surface area contributed by atoms with Crippen molar-refractivity contribution in [2.24, 2.45) is 0 Å². The normalized spacial score (nSPS) is 11.7. The molecule has 0 amide bonds. The minimum Gasteiger partial charge on any atom is -0.324 e. The molecule has 0 spiro atoms. The molecular weight excluding hydrogens is 358 g/mol. The van der Waals surface area contributed by atoms with Crippen LogP contribution < -0.4 is 0 Å². The molecule has 0 radical (unpaired) electrons. The number of rotatable bonds is 5. The molecule has 7 nitrogen and oxygen atoms in total. The summed E-state index contributed by atoms with van der Waals surface area (Å²) in [5.74, 6) is 0.585. The maximum absolute atomic E-state index is 4.80. The predicted octanol–water partition coefficient (Wildman–Crippen LogP) is 3.88. The van der Waals surface area contributed by atoms with E-state index in [1.165, 1.54) is 11.8 Å². The third-order valence-corrected chi connectivity index (χ3v) is 5.34. The largest absolute Gasteiger partial charge is 0.324 e. The lowest BCUT2D eigenvalue weighted by molar-refractivity contribution is 0.705. The molecule has 0 bridgehead atoms. The Kier molecular flexibility index (Phi) is 3.97. The van der Waals surface area contributed by atoms with Gasteiger partial charge in [0.15, 0.2) is 5.65 Å². The van der Waals surface area contributed by atoms with Gasteiger partial charge in [-0.1, -0.05) is 54.2 Å². The maximum atomic E-state index is 4.80. The second-order valence-corrected chi connectivity index (χ2v) is 7.20. The summed E-state index contributed by atoms with van der Waals surface area (Å²) in [5, 5.41) is 19.0. The lowest BCUT2D eigenvalue weighted by Crippen LogP contribution is -2.02. The van der Waals surface area contributed by atoms with Crippen molar-refractivity contribution in [1.82, 2.24) is 34.7 Å². The Morgan fingerprint density at radius 3 is 2.63 bits per heavy atom. The Morgan fingerprint density at radius 1 is 0.926 bits per heavy atom. The van der Waals surface area contributed by atoms with Gasteiger partial charge in [0.25, 0.3) is 0 Å². The fourth-order valence-electron chi connectivity index (χ4n) is 3.33. The van der Waals surface area contributed by atoms with Crippen LogP contribution in [-0.2, 0) is 12.4 Å². The second kappa shape index (κ2) is 6.62. The molecule has 0 aliphatic rings. The molecule has 0 saturated carbocycles. The van der Waals surface area contributed by atoms with Crippen LogP contribution in [0.2, 0.25) is 0 Å². The number of fused-ring (bicyclic) bond motifs is 4. The highest BCUT2D eigenvalue weighted by atomic mass is 32.2. The van der Waals surface area contributed by atoms with Gasteiger partial charge in [-0.25, -0.2) is 9.67 Å². The molecule has 27 heavy (non-hydrogen) atoms. The van der Waals surface area contributed by atoms with Gasteiger partial charge < -0.3 is 4.57 Å². The number of hydrogen-bond acceptors (Lipinski definition) is 6. The maximum Gasteiger partial charge on any atom is 0.212 e. The number of nitrogens with zero attached hydrogens (tertiary/aromatic N) is 7. The Labute approximate surface area is 159 Å². The van der Waals surface area contributed by atoms with Crippen LogP contribution in [0.4, 0.5) is 0 Å². The van der Waals surface area contributed by atoms with E-state index in [1.807, 2.05) is 41.1 Å². The molecule has 3 aromatic heterocycles. The first-order valence-corrected chi connectivity index (χ1v) is 9.86. The van der Waals surface area contributed by atoms with Gasteiger partial charge in [0.1, 0.15) is 11.0 Å². The molecule has 134 valence electrons. The van der Waals surface area contributed by atoms with Crippen molar-refractivity contribution in [3.63, 3.8) is 0 Å². The van der Waals surface area contributed by atoms with Gasteiger partial charge in [0.2, 0.25) is 5.16 Å². The van der Waals surface area contributed by atoms with Crippen LogP contribution in [-0.4, -0.2) is 34.7 Å². The highest BCUT2D eigenvalue weighted by molar-refractivity contribution is 7.98. The molecule has 0 atom stereocenters. The Bertz CT molecular complexity index is 1260. The number of hydrogen-bond donors (Lipinski definition) is 0. The first kappa shape index (κ1) is 16.2. The molecular formula is C19H17N7S. The van der Waals surface area contributed by atoms with E-state index in [2.05, 4.69) is 44.1 Å². The summed E-state index contributed by atoms with van der Waals surface area (Å²) in [4.78, 5) is 4.80. The molecule has 0 N–H and O–H groups in total. The fraction of sp³-hybridized carbons (Fsp3) is 0.211. The van der Waals surface area contributed by atoms with Gasteiger partial charge >= 0.3 is 0 Å². The van der Waals surface area contributed by atoms with Crippen LogP contribution >= 0.6 is 11.8 Å². The van der Waals surface area contributed by atoms with Crippen molar-refractivity contribution < 1.29 is 0 Å². The van der Waals surface area contributed by atoms with E-state index in [0.717, 1.165) is 46.1 Å². The van der Waals surface area contributed by atoms with Crippen LogP contribution in [0.25, 0.3) is 33.1 Å².